The molecule has 0 atom stereocenters. The van der Waals surface area contributed by atoms with Crippen LogP contribution in [0.2, 0.25) is 0 Å². The Morgan fingerprint density at radius 1 is 1.17 bits per heavy atom. The maximum absolute atomic E-state index is 11.4. The average molecular weight is 269 g/mol. The number of hydrogen-bond acceptors (Lipinski definition) is 7. The van der Waals surface area contributed by atoms with Gasteiger partial charge in [0.15, 0.2) is 0 Å². The first-order valence-electron chi connectivity index (χ1n) is 4.81. The third-order valence-electron chi connectivity index (χ3n) is 2.56. The van der Waals surface area contributed by atoms with Crippen LogP contribution in [-0.2, 0) is 14.4 Å². The largest absolute Gasteiger partial charge is 0.507 e. The number of phenolic OH excluding ortho intramolecular Hbond substituents is 1. The molecule has 0 bridgehead atoms. The molecule has 0 spiro atoms. The van der Waals surface area contributed by atoms with Crippen molar-refractivity contribution in [3.8, 4) is 5.75 Å². The van der Waals surface area contributed by atoms with Crippen LogP contribution in [0.3, 0.4) is 0 Å². The smallest absolute Gasteiger partial charge is 0.312 e. The summed E-state index contributed by atoms with van der Waals surface area (Å²) in [5.74, 6) is 4.36. The Kier molecular flexibility index (Phi) is 2.77. The van der Waals surface area contributed by atoms with Crippen molar-refractivity contribution in [2.75, 3.05) is 11.5 Å². The molecular formula is C10H11N3O4S. The summed E-state index contributed by atoms with van der Waals surface area (Å²) in [5, 5.41) is 10.5. The zero-order valence-electron chi connectivity index (χ0n) is 9.12. The lowest BCUT2D eigenvalue weighted by atomic mass is 10.1. The van der Waals surface area contributed by atoms with Crippen molar-refractivity contribution in [2.24, 2.45) is 5.90 Å². The lowest BCUT2D eigenvalue weighted by molar-refractivity contribution is 0.332. The third-order valence-corrected chi connectivity index (χ3v) is 3.63. The highest BCUT2D eigenvalue weighted by molar-refractivity contribution is 7.86. The summed E-state index contributed by atoms with van der Waals surface area (Å²) >= 11 is 0. The van der Waals surface area contributed by atoms with Crippen LogP contribution in [0.25, 0.3) is 10.8 Å². The minimum absolute atomic E-state index is 0.183. The topological polar surface area (TPSA) is 142 Å². The van der Waals surface area contributed by atoms with E-state index >= 15 is 0 Å². The monoisotopic (exact) mass is 269 g/mol. The van der Waals surface area contributed by atoms with Gasteiger partial charge in [0.1, 0.15) is 5.75 Å². The molecule has 0 aliphatic rings. The van der Waals surface area contributed by atoms with Gasteiger partial charge in [0.25, 0.3) is 0 Å². The maximum atomic E-state index is 11.4. The summed E-state index contributed by atoms with van der Waals surface area (Å²) in [6.45, 7) is 0. The van der Waals surface area contributed by atoms with E-state index in [2.05, 4.69) is 10.2 Å². The van der Waals surface area contributed by atoms with E-state index in [1.165, 1.54) is 18.2 Å². The molecule has 0 fully saturated rings. The molecule has 0 amide bonds. The SMILES string of the molecule is NOS(=O)(=O)c1cc(O)c2c(N)c(N)ccc2c1. The van der Waals surface area contributed by atoms with Crippen LogP contribution in [0.5, 0.6) is 5.75 Å². The van der Waals surface area contributed by atoms with E-state index in [0.717, 1.165) is 6.07 Å². The number of fused-ring (bicyclic) bond motifs is 1. The van der Waals surface area contributed by atoms with Crippen molar-refractivity contribution in [1.82, 2.24) is 0 Å². The summed E-state index contributed by atoms with van der Waals surface area (Å²) < 4.78 is 26.8. The Morgan fingerprint density at radius 3 is 2.44 bits per heavy atom. The van der Waals surface area contributed by atoms with Gasteiger partial charge in [0.05, 0.1) is 16.3 Å². The standard InChI is InChI=1S/C10H11N3O4S/c11-7-2-1-5-3-6(18(15,16)17-13)4-8(14)9(5)10(7)12/h1-4,14H,11-13H2. The molecule has 8 heteroatoms. The second-order valence-electron chi connectivity index (χ2n) is 3.66. The van der Waals surface area contributed by atoms with Crippen molar-refractivity contribution in [1.29, 1.82) is 0 Å². The number of phenols is 1. The Balaban J connectivity index is 2.84. The van der Waals surface area contributed by atoms with Gasteiger partial charge < -0.3 is 16.6 Å². The van der Waals surface area contributed by atoms with Crippen molar-refractivity contribution in [2.45, 2.75) is 4.90 Å². The highest BCUT2D eigenvalue weighted by atomic mass is 32.2. The molecule has 0 aliphatic heterocycles. The minimum Gasteiger partial charge on any atom is -0.507 e. The van der Waals surface area contributed by atoms with Crippen molar-refractivity contribution in [3.63, 3.8) is 0 Å². The molecule has 0 aromatic heterocycles. The minimum atomic E-state index is -4.09. The Bertz CT molecular complexity index is 727. The van der Waals surface area contributed by atoms with E-state index in [-0.39, 0.29) is 21.7 Å². The van der Waals surface area contributed by atoms with Gasteiger partial charge in [-0.25, -0.2) is 0 Å². The Hall–Kier alpha value is -2.03. The van der Waals surface area contributed by atoms with E-state index < -0.39 is 10.1 Å². The highest BCUT2D eigenvalue weighted by Gasteiger charge is 2.18. The molecule has 2 aromatic rings. The molecule has 2 rings (SSSR count). The van der Waals surface area contributed by atoms with Crippen LogP contribution in [-0.4, -0.2) is 13.5 Å². The number of aromatic hydroxyl groups is 1. The van der Waals surface area contributed by atoms with Gasteiger partial charge in [-0.2, -0.15) is 18.6 Å². The summed E-state index contributed by atoms with van der Waals surface area (Å²) in [4.78, 5) is -0.265. The van der Waals surface area contributed by atoms with Crippen LogP contribution >= 0.6 is 0 Å². The molecule has 0 heterocycles. The van der Waals surface area contributed by atoms with E-state index in [1.807, 2.05) is 0 Å². The molecule has 0 saturated heterocycles. The average Bonchev–Trinajstić information content (AvgIpc) is 2.33. The van der Waals surface area contributed by atoms with Crippen molar-refractivity contribution in [3.05, 3.63) is 24.3 Å². The summed E-state index contributed by atoms with van der Waals surface area (Å²) in [7, 11) is -4.09. The second kappa shape index (κ2) is 4.02. The third kappa shape index (κ3) is 1.82. The normalized spacial score (nSPS) is 11.8. The predicted molar refractivity (Wildman–Crippen MR) is 66.9 cm³/mol. The lowest BCUT2D eigenvalue weighted by Gasteiger charge is -2.09. The number of rotatable bonds is 2. The van der Waals surface area contributed by atoms with Gasteiger partial charge in [-0.05, 0) is 17.5 Å². The fourth-order valence-corrected chi connectivity index (χ4v) is 2.30. The molecular weight excluding hydrogens is 258 g/mol. The van der Waals surface area contributed by atoms with E-state index in [1.54, 1.807) is 0 Å². The van der Waals surface area contributed by atoms with Crippen LogP contribution in [0.4, 0.5) is 11.4 Å². The maximum Gasteiger partial charge on any atom is 0.312 e. The van der Waals surface area contributed by atoms with Gasteiger partial charge in [0, 0.05) is 11.5 Å². The zero-order valence-corrected chi connectivity index (χ0v) is 9.94. The molecule has 96 valence electrons. The first kappa shape index (κ1) is 12.4. The first-order chi connectivity index (χ1) is 8.36. The molecule has 0 aliphatic carbocycles. The number of nitrogens with two attached hydrogens (primary N) is 3. The molecule has 7 N–H and O–H groups in total. The number of anilines is 2. The van der Waals surface area contributed by atoms with Gasteiger partial charge in [0.2, 0.25) is 0 Å². The Labute approximate surface area is 103 Å². The predicted octanol–water partition coefficient (Wildman–Crippen LogP) is 0.289. The summed E-state index contributed by atoms with van der Waals surface area (Å²) in [6, 6.07) is 5.33. The summed E-state index contributed by atoms with van der Waals surface area (Å²) in [6.07, 6.45) is 0. The number of nitrogen functional groups attached to an aromatic ring is 2. The molecule has 0 radical (unpaired) electrons. The number of benzene rings is 2. The van der Waals surface area contributed by atoms with E-state index in [4.69, 9.17) is 11.5 Å². The molecule has 0 saturated carbocycles. The van der Waals surface area contributed by atoms with Crippen LogP contribution < -0.4 is 17.4 Å². The van der Waals surface area contributed by atoms with Crippen LogP contribution in [0.15, 0.2) is 29.2 Å². The highest BCUT2D eigenvalue weighted by Crippen LogP contribution is 2.35. The fraction of sp³-hybridized carbons (Fsp3) is 0. The van der Waals surface area contributed by atoms with Crippen LogP contribution in [0, 0.1) is 0 Å². The van der Waals surface area contributed by atoms with Crippen molar-refractivity contribution >= 4 is 32.3 Å². The van der Waals surface area contributed by atoms with Gasteiger partial charge in [-0.1, -0.05) is 6.07 Å². The summed E-state index contributed by atoms with van der Waals surface area (Å²) in [5.41, 5.74) is 11.8. The van der Waals surface area contributed by atoms with Gasteiger partial charge in [-0.3, -0.25) is 0 Å². The molecule has 7 nitrogen and oxygen atoms in total. The first-order valence-corrected chi connectivity index (χ1v) is 6.21. The molecule has 0 unspecified atom stereocenters. The van der Waals surface area contributed by atoms with E-state index in [9.17, 15) is 13.5 Å². The second-order valence-corrected chi connectivity index (χ2v) is 5.23. The van der Waals surface area contributed by atoms with E-state index in [0.29, 0.717) is 11.1 Å². The number of hydrogen-bond donors (Lipinski definition) is 4. The zero-order chi connectivity index (χ0) is 13.5. The lowest BCUT2D eigenvalue weighted by Crippen LogP contribution is -2.11. The van der Waals surface area contributed by atoms with Gasteiger partial charge in [-0.15, -0.1) is 0 Å². The molecule has 2 aromatic carbocycles. The molecule has 18 heavy (non-hydrogen) atoms. The van der Waals surface area contributed by atoms with Crippen molar-refractivity contribution < 1.29 is 17.8 Å². The van der Waals surface area contributed by atoms with Gasteiger partial charge >= 0.3 is 10.1 Å². The van der Waals surface area contributed by atoms with Crippen LogP contribution in [0.1, 0.15) is 0 Å². The fourth-order valence-electron chi connectivity index (χ4n) is 1.66. The quantitative estimate of drug-likeness (QED) is 0.453. The Morgan fingerprint density at radius 2 is 1.83 bits per heavy atom.